The van der Waals surface area contributed by atoms with Crippen molar-refractivity contribution in [2.24, 2.45) is 0 Å². The standard InChI is InChI=1S/C12H11NO6/c1-5-10(17-6(2)14)9-8(4-13-5)11(16)19-12(9)18-7(3)15/h4,12H,1-3H3. The molecular formula is C12H11NO6. The van der Waals surface area contributed by atoms with Gasteiger partial charge in [-0.1, -0.05) is 0 Å². The lowest BCUT2D eigenvalue weighted by Crippen LogP contribution is -2.12. The molecule has 0 amide bonds. The number of fused-ring (bicyclic) bond motifs is 1. The van der Waals surface area contributed by atoms with E-state index in [4.69, 9.17) is 14.2 Å². The number of rotatable bonds is 2. The molecule has 0 bridgehead atoms. The first-order valence-electron chi connectivity index (χ1n) is 5.46. The Bertz CT molecular complexity index is 578. The van der Waals surface area contributed by atoms with Gasteiger partial charge in [-0.15, -0.1) is 0 Å². The van der Waals surface area contributed by atoms with Gasteiger partial charge < -0.3 is 14.2 Å². The SMILES string of the molecule is CC(=O)Oc1c(C)ncc2c1C(OC(C)=O)OC2=O. The van der Waals surface area contributed by atoms with E-state index in [0.717, 1.165) is 0 Å². The summed E-state index contributed by atoms with van der Waals surface area (Å²) in [6, 6.07) is 0. The summed E-state index contributed by atoms with van der Waals surface area (Å²) in [5.74, 6) is -1.78. The zero-order chi connectivity index (χ0) is 14.2. The zero-order valence-corrected chi connectivity index (χ0v) is 10.6. The smallest absolute Gasteiger partial charge is 0.343 e. The zero-order valence-electron chi connectivity index (χ0n) is 10.6. The highest BCUT2D eigenvalue weighted by molar-refractivity contribution is 5.95. The van der Waals surface area contributed by atoms with Gasteiger partial charge in [-0.3, -0.25) is 14.6 Å². The second-order valence-electron chi connectivity index (χ2n) is 3.94. The van der Waals surface area contributed by atoms with E-state index in [2.05, 4.69) is 4.98 Å². The molecule has 0 saturated carbocycles. The molecule has 1 aromatic heterocycles. The van der Waals surface area contributed by atoms with Gasteiger partial charge in [0.05, 0.1) is 16.8 Å². The first-order valence-corrected chi connectivity index (χ1v) is 5.46. The van der Waals surface area contributed by atoms with E-state index in [1.165, 1.54) is 20.0 Å². The molecular weight excluding hydrogens is 254 g/mol. The first kappa shape index (κ1) is 13.0. The first-order chi connectivity index (χ1) is 8.90. The van der Waals surface area contributed by atoms with Gasteiger partial charge in [0.25, 0.3) is 6.29 Å². The maximum Gasteiger partial charge on any atom is 0.343 e. The second-order valence-corrected chi connectivity index (χ2v) is 3.94. The van der Waals surface area contributed by atoms with Crippen molar-refractivity contribution >= 4 is 17.9 Å². The minimum absolute atomic E-state index is 0.0853. The van der Waals surface area contributed by atoms with Gasteiger partial charge in [0.1, 0.15) is 0 Å². The molecule has 0 fully saturated rings. The third-order valence-corrected chi connectivity index (χ3v) is 2.44. The molecule has 7 nitrogen and oxygen atoms in total. The van der Waals surface area contributed by atoms with Crippen LogP contribution in [0.1, 0.15) is 41.8 Å². The Balaban J connectivity index is 2.53. The number of ether oxygens (including phenoxy) is 3. The lowest BCUT2D eigenvalue weighted by atomic mass is 10.1. The molecule has 1 aromatic rings. The van der Waals surface area contributed by atoms with Gasteiger partial charge in [-0.2, -0.15) is 0 Å². The number of pyridine rings is 1. The Morgan fingerprint density at radius 3 is 2.58 bits per heavy atom. The van der Waals surface area contributed by atoms with Crippen LogP contribution in [-0.2, 0) is 19.1 Å². The fraction of sp³-hybridized carbons (Fsp3) is 0.333. The minimum Gasteiger partial charge on any atom is -0.424 e. The van der Waals surface area contributed by atoms with Crippen LogP contribution < -0.4 is 4.74 Å². The summed E-state index contributed by atoms with van der Waals surface area (Å²) in [5, 5.41) is 0. The predicted octanol–water partition coefficient (Wildman–Crippen LogP) is 1.05. The highest BCUT2D eigenvalue weighted by atomic mass is 16.7. The Morgan fingerprint density at radius 2 is 2.00 bits per heavy atom. The number of carbonyl (C=O) groups excluding carboxylic acids is 3. The monoisotopic (exact) mass is 265 g/mol. The van der Waals surface area contributed by atoms with Gasteiger partial charge in [-0.05, 0) is 6.92 Å². The van der Waals surface area contributed by atoms with Crippen molar-refractivity contribution in [3.05, 3.63) is 23.0 Å². The molecule has 0 aromatic carbocycles. The van der Waals surface area contributed by atoms with Crippen LogP contribution in [0, 0.1) is 6.92 Å². The van der Waals surface area contributed by atoms with Gasteiger partial charge in [-0.25, -0.2) is 4.79 Å². The van der Waals surface area contributed by atoms with Crippen LogP contribution in [0.25, 0.3) is 0 Å². The van der Waals surface area contributed by atoms with Crippen molar-refractivity contribution in [1.29, 1.82) is 0 Å². The molecule has 1 aliphatic heterocycles. The lowest BCUT2D eigenvalue weighted by Gasteiger charge is -2.14. The van der Waals surface area contributed by atoms with E-state index >= 15 is 0 Å². The number of carbonyl (C=O) groups is 3. The average Bonchev–Trinajstić information content (AvgIpc) is 2.58. The van der Waals surface area contributed by atoms with Crippen LogP contribution in [0.4, 0.5) is 0 Å². The predicted molar refractivity (Wildman–Crippen MR) is 60.2 cm³/mol. The Kier molecular flexibility index (Phi) is 3.20. The molecule has 2 rings (SSSR count). The fourth-order valence-electron chi connectivity index (χ4n) is 1.73. The molecule has 0 saturated heterocycles. The molecule has 2 heterocycles. The average molecular weight is 265 g/mol. The van der Waals surface area contributed by atoms with Crippen molar-refractivity contribution in [2.45, 2.75) is 27.1 Å². The van der Waals surface area contributed by atoms with E-state index in [9.17, 15) is 14.4 Å². The molecule has 19 heavy (non-hydrogen) atoms. The minimum atomic E-state index is -1.21. The molecule has 1 unspecified atom stereocenters. The van der Waals surface area contributed by atoms with Crippen molar-refractivity contribution in [1.82, 2.24) is 4.98 Å². The van der Waals surface area contributed by atoms with Gasteiger partial charge in [0.2, 0.25) is 0 Å². The quantitative estimate of drug-likeness (QED) is 0.738. The summed E-state index contributed by atoms with van der Waals surface area (Å²) in [6.07, 6.45) is 0.0831. The molecule has 0 aliphatic carbocycles. The molecule has 1 atom stereocenters. The Labute approximate surface area is 108 Å². The van der Waals surface area contributed by atoms with E-state index < -0.39 is 24.2 Å². The maximum atomic E-state index is 11.6. The van der Waals surface area contributed by atoms with E-state index in [1.54, 1.807) is 6.92 Å². The topological polar surface area (TPSA) is 91.8 Å². The highest BCUT2D eigenvalue weighted by Crippen LogP contribution is 2.39. The van der Waals surface area contributed by atoms with E-state index in [-0.39, 0.29) is 16.9 Å². The normalized spacial score (nSPS) is 16.6. The van der Waals surface area contributed by atoms with E-state index in [1.807, 2.05) is 0 Å². The molecule has 0 spiro atoms. The number of cyclic esters (lactones) is 1. The lowest BCUT2D eigenvalue weighted by molar-refractivity contribution is -0.165. The number of aryl methyl sites for hydroxylation is 1. The van der Waals surface area contributed by atoms with Crippen molar-refractivity contribution < 1.29 is 28.6 Å². The summed E-state index contributed by atoms with van der Waals surface area (Å²) in [4.78, 5) is 37.7. The summed E-state index contributed by atoms with van der Waals surface area (Å²) in [5.41, 5.74) is 0.723. The van der Waals surface area contributed by atoms with Crippen LogP contribution in [-0.4, -0.2) is 22.9 Å². The van der Waals surface area contributed by atoms with Crippen molar-refractivity contribution in [3.63, 3.8) is 0 Å². The van der Waals surface area contributed by atoms with Gasteiger partial charge in [0.15, 0.2) is 5.75 Å². The molecule has 1 aliphatic rings. The molecule has 100 valence electrons. The summed E-state index contributed by atoms with van der Waals surface area (Å²) in [7, 11) is 0. The molecule has 0 radical (unpaired) electrons. The van der Waals surface area contributed by atoms with Gasteiger partial charge in [0, 0.05) is 20.0 Å². The summed E-state index contributed by atoms with van der Waals surface area (Å²) in [6.45, 7) is 4.01. The summed E-state index contributed by atoms with van der Waals surface area (Å²) < 4.78 is 14.8. The Hall–Kier alpha value is -2.44. The molecule has 7 heteroatoms. The highest BCUT2D eigenvalue weighted by Gasteiger charge is 2.38. The van der Waals surface area contributed by atoms with Crippen LogP contribution in [0.5, 0.6) is 5.75 Å². The van der Waals surface area contributed by atoms with Crippen molar-refractivity contribution in [2.75, 3.05) is 0 Å². The van der Waals surface area contributed by atoms with E-state index in [0.29, 0.717) is 5.69 Å². The Morgan fingerprint density at radius 1 is 1.32 bits per heavy atom. The van der Waals surface area contributed by atoms with Crippen molar-refractivity contribution in [3.8, 4) is 5.75 Å². The third kappa shape index (κ3) is 2.40. The van der Waals surface area contributed by atoms with Crippen LogP contribution >= 0.6 is 0 Å². The maximum absolute atomic E-state index is 11.6. The summed E-state index contributed by atoms with van der Waals surface area (Å²) >= 11 is 0. The van der Waals surface area contributed by atoms with Crippen LogP contribution in [0.2, 0.25) is 0 Å². The number of hydrogen-bond acceptors (Lipinski definition) is 7. The number of aromatic nitrogens is 1. The number of nitrogens with zero attached hydrogens (tertiary/aromatic N) is 1. The number of hydrogen-bond donors (Lipinski definition) is 0. The largest absolute Gasteiger partial charge is 0.424 e. The van der Waals surface area contributed by atoms with Crippen LogP contribution in [0.15, 0.2) is 6.20 Å². The fourth-order valence-corrected chi connectivity index (χ4v) is 1.73. The second kappa shape index (κ2) is 4.68. The van der Waals surface area contributed by atoms with Gasteiger partial charge >= 0.3 is 17.9 Å². The van der Waals surface area contributed by atoms with Crippen LogP contribution in [0.3, 0.4) is 0 Å². The number of esters is 3. The third-order valence-electron chi connectivity index (χ3n) is 2.44. The molecule has 0 N–H and O–H groups in total.